The summed E-state index contributed by atoms with van der Waals surface area (Å²) in [7, 11) is 1.74. The highest BCUT2D eigenvalue weighted by Gasteiger charge is 2.46. The van der Waals surface area contributed by atoms with Crippen molar-refractivity contribution < 1.29 is 14.7 Å². The number of carbonyl (C=O) groups is 2. The Kier molecular flexibility index (Phi) is 4.59. The number of hydrogen-bond donors (Lipinski definition) is 2. The van der Waals surface area contributed by atoms with Crippen LogP contribution in [0.2, 0.25) is 0 Å². The van der Waals surface area contributed by atoms with Gasteiger partial charge in [0.1, 0.15) is 0 Å². The minimum absolute atomic E-state index is 0.178. The third kappa shape index (κ3) is 3.15. The highest BCUT2D eigenvalue weighted by atomic mass is 16.4. The van der Waals surface area contributed by atoms with Gasteiger partial charge in [-0.05, 0) is 25.7 Å². The standard InChI is InChI=1S/C13H24N2O3/c1-9(2)8-15(4)12(18)14-10-6-5-7-13(10,3)11(16)17/h9-10H,5-8H2,1-4H3,(H,14,18)(H,16,17). The fourth-order valence-electron chi connectivity index (χ4n) is 2.54. The van der Waals surface area contributed by atoms with Gasteiger partial charge in [-0.3, -0.25) is 4.79 Å². The predicted octanol–water partition coefficient (Wildman–Crippen LogP) is 1.93. The second kappa shape index (κ2) is 5.59. The van der Waals surface area contributed by atoms with Crippen molar-refractivity contribution >= 4 is 12.0 Å². The molecule has 0 aromatic carbocycles. The molecule has 1 aliphatic carbocycles. The maximum Gasteiger partial charge on any atom is 0.317 e. The first kappa shape index (κ1) is 14.8. The number of carboxylic acid groups (broad SMARTS) is 1. The summed E-state index contributed by atoms with van der Waals surface area (Å²) in [5.74, 6) is -0.424. The first-order chi connectivity index (χ1) is 8.27. The Morgan fingerprint density at radius 1 is 1.50 bits per heavy atom. The molecule has 5 heteroatoms. The van der Waals surface area contributed by atoms with Gasteiger partial charge in [0, 0.05) is 19.6 Å². The van der Waals surface area contributed by atoms with Crippen molar-refractivity contribution in [3.8, 4) is 0 Å². The van der Waals surface area contributed by atoms with E-state index < -0.39 is 11.4 Å². The molecule has 0 bridgehead atoms. The number of carboxylic acids is 1. The Balaban J connectivity index is 2.61. The summed E-state index contributed by atoms with van der Waals surface area (Å²) < 4.78 is 0. The molecule has 1 fully saturated rings. The molecule has 0 aromatic heterocycles. The molecule has 1 saturated carbocycles. The minimum atomic E-state index is -0.825. The van der Waals surface area contributed by atoms with Gasteiger partial charge in [0.05, 0.1) is 5.41 Å². The van der Waals surface area contributed by atoms with Gasteiger partial charge < -0.3 is 15.3 Å². The molecule has 0 aromatic rings. The van der Waals surface area contributed by atoms with E-state index in [0.717, 1.165) is 12.8 Å². The van der Waals surface area contributed by atoms with Crippen LogP contribution in [0.4, 0.5) is 4.79 Å². The minimum Gasteiger partial charge on any atom is -0.481 e. The Hall–Kier alpha value is -1.26. The van der Waals surface area contributed by atoms with Gasteiger partial charge in [-0.2, -0.15) is 0 Å². The van der Waals surface area contributed by atoms with E-state index in [-0.39, 0.29) is 12.1 Å². The van der Waals surface area contributed by atoms with Crippen LogP contribution in [0.5, 0.6) is 0 Å². The molecule has 18 heavy (non-hydrogen) atoms. The maximum atomic E-state index is 12.0. The summed E-state index contributed by atoms with van der Waals surface area (Å²) in [6, 6.07) is -0.444. The highest BCUT2D eigenvalue weighted by Crippen LogP contribution is 2.38. The van der Waals surface area contributed by atoms with Gasteiger partial charge in [-0.15, -0.1) is 0 Å². The second-order valence-corrected chi connectivity index (χ2v) is 5.89. The van der Waals surface area contributed by atoms with E-state index in [1.807, 2.05) is 13.8 Å². The number of rotatable bonds is 4. The van der Waals surface area contributed by atoms with Crippen LogP contribution in [0.1, 0.15) is 40.0 Å². The number of nitrogens with zero attached hydrogens (tertiary/aromatic N) is 1. The molecule has 2 N–H and O–H groups in total. The second-order valence-electron chi connectivity index (χ2n) is 5.89. The van der Waals surface area contributed by atoms with E-state index >= 15 is 0 Å². The van der Waals surface area contributed by atoms with Gasteiger partial charge >= 0.3 is 12.0 Å². The molecule has 0 heterocycles. The molecule has 2 atom stereocenters. The monoisotopic (exact) mass is 256 g/mol. The fourth-order valence-corrected chi connectivity index (χ4v) is 2.54. The smallest absolute Gasteiger partial charge is 0.317 e. The van der Waals surface area contributed by atoms with Crippen LogP contribution in [-0.4, -0.2) is 41.6 Å². The van der Waals surface area contributed by atoms with Crippen LogP contribution in [0, 0.1) is 11.3 Å². The van der Waals surface area contributed by atoms with Crippen molar-refractivity contribution in [1.29, 1.82) is 0 Å². The lowest BCUT2D eigenvalue weighted by Crippen LogP contribution is -2.51. The van der Waals surface area contributed by atoms with Gasteiger partial charge in [0.2, 0.25) is 0 Å². The fraction of sp³-hybridized carbons (Fsp3) is 0.846. The van der Waals surface area contributed by atoms with Crippen LogP contribution >= 0.6 is 0 Å². The zero-order chi connectivity index (χ0) is 13.9. The molecule has 1 rings (SSSR count). The highest BCUT2D eigenvalue weighted by molar-refractivity contribution is 5.79. The first-order valence-electron chi connectivity index (χ1n) is 6.52. The Morgan fingerprint density at radius 3 is 2.61 bits per heavy atom. The van der Waals surface area contributed by atoms with E-state index in [0.29, 0.717) is 18.9 Å². The molecule has 2 unspecified atom stereocenters. The summed E-state index contributed by atoms with van der Waals surface area (Å²) in [6.07, 6.45) is 2.22. The Morgan fingerprint density at radius 2 is 2.11 bits per heavy atom. The quantitative estimate of drug-likeness (QED) is 0.807. The normalized spacial score (nSPS) is 27.3. The van der Waals surface area contributed by atoms with Gasteiger partial charge in [0.25, 0.3) is 0 Å². The summed E-state index contributed by atoms with van der Waals surface area (Å²) in [4.78, 5) is 24.9. The van der Waals surface area contributed by atoms with Crippen molar-refractivity contribution in [2.24, 2.45) is 11.3 Å². The van der Waals surface area contributed by atoms with Gasteiger partial charge in [-0.25, -0.2) is 4.79 Å². The molecule has 0 radical (unpaired) electrons. The van der Waals surface area contributed by atoms with Crippen molar-refractivity contribution in [3.63, 3.8) is 0 Å². The molecule has 0 spiro atoms. The van der Waals surface area contributed by atoms with Crippen molar-refractivity contribution in [3.05, 3.63) is 0 Å². The molecule has 5 nitrogen and oxygen atoms in total. The Bertz CT molecular complexity index is 330. The molecule has 0 saturated heterocycles. The zero-order valence-electron chi connectivity index (χ0n) is 11.7. The number of hydrogen-bond acceptors (Lipinski definition) is 2. The average molecular weight is 256 g/mol. The average Bonchev–Trinajstić information content (AvgIpc) is 2.60. The van der Waals surface area contributed by atoms with Crippen molar-refractivity contribution in [2.45, 2.75) is 46.1 Å². The molecule has 1 aliphatic rings. The maximum absolute atomic E-state index is 12.0. The van der Waals surface area contributed by atoms with Crippen LogP contribution in [-0.2, 0) is 4.79 Å². The van der Waals surface area contributed by atoms with E-state index in [1.54, 1.807) is 18.9 Å². The molecular weight excluding hydrogens is 232 g/mol. The molecule has 104 valence electrons. The van der Waals surface area contributed by atoms with E-state index in [9.17, 15) is 14.7 Å². The summed E-state index contributed by atoms with van der Waals surface area (Å²) in [5.41, 5.74) is -0.825. The van der Waals surface area contributed by atoms with Crippen molar-refractivity contribution in [2.75, 3.05) is 13.6 Å². The van der Waals surface area contributed by atoms with Gasteiger partial charge in [-0.1, -0.05) is 20.3 Å². The van der Waals surface area contributed by atoms with E-state index in [4.69, 9.17) is 0 Å². The number of nitrogens with one attached hydrogen (secondary N) is 1. The third-order valence-corrected chi connectivity index (χ3v) is 3.73. The molecule has 0 aliphatic heterocycles. The van der Waals surface area contributed by atoms with Crippen LogP contribution in [0.15, 0.2) is 0 Å². The number of urea groups is 1. The van der Waals surface area contributed by atoms with Crippen LogP contribution in [0.25, 0.3) is 0 Å². The largest absolute Gasteiger partial charge is 0.481 e. The van der Waals surface area contributed by atoms with E-state index in [2.05, 4.69) is 5.32 Å². The topological polar surface area (TPSA) is 69.6 Å². The summed E-state index contributed by atoms with van der Waals surface area (Å²) in [5, 5.41) is 12.1. The summed E-state index contributed by atoms with van der Waals surface area (Å²) in [6.45, 7) is 6.47. The van der Waals surface area contributed by atoms with Gasteiger partial charge in [0.15, 0.2) is 0 Å². The number of carbonyl (C=O) groups excluding carboxylic acids is 1. The molecule has 2 amide bonds. The van der Waals surface area contributed by atoms with E-state index in [1.165, 1.54) is 0 Å². The van der Waals surface area contributed by atoms with Crippen LogP contribution < -0.4 is 5.32 Å². The zero-order valence-corrected chi connectivity index (χ0v) is 11.7. The number of aliphatic carboxylic acids is 1. The predicted molar refractivity (Wildman–Crippen MR) is 69.4 cm³/mol. The molecular formula is C13H24N2O3. The lowest BCUT2D eigenvalue weighted by atomic mass is 9.85. The number of amides is 2. The van der Waals surface area contributed by atoms with Crippen LogP contribution in [0.3, 0.4) is 0 Å². The third-order valence-electron chi connectivity index (χ3n) is 3.73. The lowest BCUT2D eigenvalue weighted by molar-refractivity contribution is -0.148. The summed E-state index contributed by atoms with van der Waals surface area (Å²) >= 11 is 0. The first-order valence-corrected chi connectivity index (χ1v) is 6.52. The SMILES string of the molecule is CC(C)CN(C)C(=O)NC1CCCC1(C)C(=O)O. The Labute approximate surface area is 109 Å². The lowest BCUT2D eigenvalue weighted by Gasteiger charge is -2.30. The van der Waals surface area contributed by atoms with Crippen molar-refractivity contribution in [1.82, 2.24) is 10.2 Å².